The molecule has 1 aliphatic heterocycles. The number of carboxylic acid groups (broad SMARTS) is 1. The Balaban J connectivity index is 1.37. The highest BCUT2D eigenvalue weighted by Crippen LogP contribution is 2.35. The van der Waals surface area contributed by atoms with Crippen molar-refractivity contribution in [2.45, 2.75) is 25.8 Å². The van der Waals surface area contributed by atoms with E-state index in [9.17, 15) is 19.5 Å². The highest BCUT2D eigenvalue weighted by atomic mass is 32.2. The molecule has 1 fully saturated rings. The van der Waals surface area contributed by atoms with Crippen LogP contribution in [-0.4, -0.2) is 63.4 Å². The monoisotopic (exact) mass is 553 g/mol. The highest BCUT2D eigenvalue weighted by molar-refractivity contribution is 8.26. The summed E-state index contributed by atoms with van der Waals surface area (Å²) >= 11 is 6.52. The zero-order valence-electron chi connectivity index (χ0n) is 20.9. The van der Waals surface area contributed by atoms with Gasteiger partial charge in [0, 0.05) is 36.5 Å². The number of carboxylic acids is 1. The zero-order chi connectivity index (χ0) is 27.2. The van der Waals surface area contributed by atoms with Crippen molar-refractivity contribution >= 4 is 63.1 Å². The summed E-state index contributed by atoms with van der Waals surface area (Å²) in [6.07, 6.45) is 3.49. The van der Waals surface area contributed by atoms with E-state index >= 15 is 0 Å². The first kappa shape index (κ1) is 27.2. The molecule has 0 aliphatic carbocycles. The summed E-state index contributed by atoms with van der Waals surface area (Å²) in [6.45, 7) is 2.42. The largest absolute Gasteiger partial charge is 0.493 e. The molecule has 1 aliphatic rings. The summed E-state index contributed by atoms with van der Waals surface area (Å²) in [5, 5.41) is 13.2. The second-order valence-electron chi connectivity index (χ2n) is 8.45. The predicted octanol–water partition coefficient (Wildman–Crippen LogP) is 3.98. The molecule has 38 heavy (non-hydrogen) atoms. The summed E-state index contributed by atoms with van der Waals surface area (Å²) in [7, 11) is 1.54. The van der Waals surface area contributed by atoms with Gasteiger partial charge in [-0.1, -0.05) is 48.2 Å². The van der Waals surface area contributed by atoms with Crippen molar-refractivity contribution in [1.29, 1.82) is 0 Å². The number of para-hydroxylation sites is 1. The highest BCUT2D eigenvalue weighted by Gasteiger charge is 2.32. The van der Waals surface area contributed by atoms with E-state index in [1.54, 1.807) is 31.5 Å². The van der Waals surface area contributed by atoms with Gasteiger partial charge in [-0.25, -0.2) is 4.79 Å². The summed E-state index contributed by atoms with van der Waals surface area (Å²) in [5.41, 5.74) is 2.43. The third-order valence-corrected chi connectivity index (χ3v) is 7.33. The molecule has 1 unspecified atom stereocenters. The molecule has 198 valence electrons. The molecule has 9 nitrogen and oxygen atoms in total. The minimum absolute atomic E-state index is 0.0415. The Hall–Kier alpha value is -3.83. The molecule has 3 N–H and O–H groups in total. The molecular weight excluding hydrogens is 526 g/mol. The van der Waals surface area contributed by atoms with Crippen LogP contribution in [0.25, 0.3) is 17.0 Å². The number of aliphatic carboxylic acids is 1. The number of hydrogen-bond acceptors (Lipinski definition) is 7. The second kappa shape index (κ2) is 12.1. The number of benzene rings is 2. The average Bonchev–Trinajstić information content (AvgIpc) is 3.43. The van der Waals surface area contributed by atoms with E-state index in [1.165, 1.54) is 4.90 Å². The number of nitrogens with zero attached hydrogens (tertiary/aromatic N) is 1. The van der Waals surface area contributed by atoms with Crippen LogP contribution in [0.3, 0.4) is 0 Å². The molecule has 0 bridgehead atoms. The smallest absolute Gasteiger partial charge is 0.326 e. The third-order valence-electron chi connectivity index (χ3n) is 5.95. The van der Waals surface area contributed by atoms with Crippen LogP contribution in [0.5, 0.6) is 11.5 Å². The molecule has 2 amide bonds. The van der Waals surface area contributed by atoms with Crippen LogP contribution in [0.4, 0.5) is 0 Å². The quantitative estimate of drug-likeness (QED) is 0.241. The van der Waals surface area contributed by atoms with E-state index in [2.05, 4.69) is 10.3 Å². The number of carbonyl (C=O) groups excluding carboxylic acids is 2. The molecular formula is C27H27N3O6S2. The number of H-pyrrole nitrogens is 1. The minimum Gasteiger partial charge on any atom is -0.493 e. The zero-order valence-corrected chi connectivity index (χ0v) is 22.5. The van der Waals surface area contributed by atoms with Gasteiger partial charge in [0.15, 0.2) is 11.5 Å². The number of methoxy groups -OCH3 is 1. The number of rotatable bonds is 11. The molecule has 3 aromatic rings. The van der Waals surface area contributed by atoms with Gasteiger partial charge in [0.2, 0.25) is 5.91 Å². The average molecular weight is 554 g/mol. The predicted molar refractivity (Wildman–Crippen MR) is 150 cm³/mol. The molecule has 1 saturated heterocycles. The number of fused-ring (bicyclic) bond motifs is 1. The number of aromatic nitrogens is 1. The lowest BCUT2D eigenvalue weighted by atomic mass is 10.0. The van der Waals surface area contributed by atoms with Gasteiger partial charge in [-0.2, -0.15) is 0 Å². The Morgan fingerprint density at radius 3 is 2.76 bits per heavy atom. The third kappa shape index (κ3) is 6.17. The molecule has 0 saturated carbocycles. The topological polar surface area (TPSA) is 121 Å². The number of thiocarbonyl (C=S) groups is 1. The number of ether oxygens (including phenoxy) is 2. The van der Waals surface area contributed by atoms with E-state index in [0.717, 1.165) is 33.8 Å². The maximum atomic E-state index is 13.0. The Labute approximate surface area is 229 Å². The van der Waals surface area contributed by atoms with Crippen LogP contribution in [0.2, 0.25) is 0 Å². The van der Waals surface area contributed by atoms with Gasteiger partial charge in [-0.15, -0.1) is 0 Å². The number of hydrogen-bond donors (Lipinski definition) is 3. The maximum Gasteiger partial charge on any atom is 0.326 e. The standard InChI is InChI=1S/C27H27N3O6S2/c1-3-36-21-9-8-16(12-22(21)35-2)13-23-25(32)30(27(37)38-23)11-10-24(31)29-20(26(33)34)14-17-15-28-19-7-5-4-6-18(17)19/h4-9,12-13,15,20,28H,3,10-11,14H2,1-2H3,(H,29,31)(H,33,34). The van der Waals surface area contributed by atoms with Gasteiger partial charge in [0.05, 0.1) is 18.6 Å². The fraction of sp³-hybridized carbons (Fsp3) is 0.259. The van der Waals surface area contributed by atoms with Crippen molar-refractivity contribution in [1.82, 2.24) is 15.2 Å². The van der Waals surface area contributed by atoms with Crippen LogP contribution in [0.1, 0.15) is 24.5 Å². The van der Waals surface area contributed by atoms with E-state index in [-0.39, 0.29) is 25.3 Å². The Kier molecular flexibility index (Phi) is 8.70. The summed E-state index contributed by atoms with van der Waals surface area (Å²) in [5.74, 6) is -0.771. The number of thioether (sulfide) groups is 1. The SMILES string of the molecule is CCOc1ccc(C=C2SC(=S)N(CCC(=O)NC(Cc3c[nH]c4ccccc34)C(=O)O)C2=O)cc1OC. The lowest BCUT2D eigenvalue weighted by Crippen LogP contribution is -2.43. The summed E-state index contributed by atoms with van der Waals surface area (Å²) < 4.78 is 11.2. The molecule has 1 aromatic heterocycles. The fourth-order valence-corrected chi connectivity index (χ4v) is 5.40. The van der Waals surface area contributed by atoms with Crippen LogP contribution in [-0.2, 0) is 20.8 Å². The first-order valence-electron chi connectivity index (χ1n) is 11.9. The minimum atomic E-state index is -1.14. The van der Waals surface area contributed by atoms with E-state index < -0.39 is 17.9 Å². The lowest BCUT2D eigenvalue weighted by molar-refractivity contribution is -0.141. The Bertz CT molecular complexity index is 1420. The number of amides is 2. The van der Waals surface area contributed by atoms with Crippen LogP contribution in [0, 0.1) is 0 Å². The second-order valence-corrected chi connectivity index (χ2v) is 10.1. The lowest BCUT2D eigenvalue weighted by Gasteiger charge is -2.17. The van der Waals surface area contributed by atoms with Gasteiger partial charge in [-0.3, -0.25) is 14.5 Å². The van der Waals surface area contributed by atoms with Gasteiger partial charge in [-0.05, 0) is 42.3 Å². The molecule has 1 atom stereocenters. The molecule has 4 rings (SSSR count). The molecule has 0 radical (unpaired) electrons. The van der Waals surface area contributed by atoms with Crippen molar-refractivity contribution in [3.8, 4) is 11.5 Å². The Morgan fingerprint density at radius 1 is 1.24 bits per heavy atom. The van der Waals surface area contributed by atoms with Crippen LogP contribution >= 0.6 is 24.0 Å². The van der Waals surface area contributed by atoms with Gasteiger partial charge < -0.3 is 24.9 Å². The van der Waals surface area contributed by atoms with Crippen molar-refractivity contribution in [2.24, 2.45) is 0 Å². The fourth-order valence-electron chi connectivity index (χ4n) is 4.09. The van der Waals surface area contributed by atoms with Gasteiger partial charge >= 0.3 is 5.97 Å². The Morgan fingerprint density at radius 2 is 2.03 bits per heavy atom. The molecule has 2 heterocycles. The van der Waals surface area contributed by atoms with Crippen molar-refractivity contribution in [3.63, 3.8) is 0 Å². The summed E-state index contributed by atoms with van der Waals surface area (Å²) in [4.78, 5) is 42.4. The molecule has 2 aromatic carbocycles. The number of carbonyl (C=O) groups is 3. The van der Waals surface area contributed by atoms with Crippen LogP contribution < -0.4 is 14.8 Å². The number of aromatic amines is 1. The first-order valence-corrected chi connectivity index (χ1v) is 13.2. The maximum absolute atomic E-state index is 13.0. The van der Waals surface area contributed by atoms with Crippen LogP contribution in [0.15, 0.2) is 53.6 Å². The number of nitrogens with one attached hydrogen (secondary N) is 2. The summed E-state index contributed by atoms with van der Waals surface area (Å²) in [6, 6.07) is 11.8. The van der Waals surface area contributed by atoms with E-state index in [4.69, 9.17) is 21.7 Å². The molecule has 0 spiro atoms. The first-order chi connectivity index (χ1) is 18.3. The van der Waals surface area contributed by atoms with Crippen molar-refractivity contribution < 1.29 is 29.0 Å². The van der Waals surface area contributed by atoms with Crippen molar-refractivity contribution in [3.05, 3.63) is 64.7 Å². The molecule has 11 heteroatoms. The van der Waals surface area contributed by atoms with Gasteiger partial charge in [0.1, 0.15) is 10.4 Å². The van der Waals surface area contributed by atoms with Crippen molar-refractivity contribution in [2.75, 3.05) is 20.3 Å². The van der Waals surface area contributed by atoms with E-state index in [0.29, 0.717) is 27.3 Å². The van der Waals surface area contributed by atoms with E-state index in [1.807, 2.05) is 37.3 Å². The normalized spacial score (nSPS) is 15.2. The van der Waals surface area contributed by atoms with Gasteiger partial charge in [0.25, 0.3) is 5.91 Å².